The number of carbonyl (C=O) groups excluding carboxylic acids is 1. The number of halogens is 1. The second kappa shape index (κ2) is 7.80. The average molecular weight is 315 g/mol. The van der Waals surface area contributed by atoms with Crippen molar-refractivity contribution < 1.29 is 4.79 Å². The lowest BCUT2D eigenvalue weighted by Gasteiger charge is -2.31. The lowest BCUT2D eigenvalue weighted by Crippen LogP contribution is -2.51. The van der Waals surface area contributed by atoms with E-state index in [-0.39, 0.29) is 18.3 Å². The van der Waals surface area contributed by atoms with Crippen LogP contribution in [0.5, 0.6) is 0 Å². The van der Waals surface area contributed by atoms with E-state index in [4.69, 9.17) is 0 Å². The molecule has 1 aromatic heterocycles. The minimum Gasteiger partial charge on any atom is -0.336 e. The van der Waals surface area contributed by atoms with Gasteiger partial charge >= 0.3 is 0 Å². The molecule has 21 heavy (non-hydrogen) atoms. The first kappa shape index (κ1) is 18.0. The number of hydrogen-bond acceptors (Lipinski definition) is 3. The standard InChI is InChI=1S/C15H26N4O.ClH/c1-5-14-13(8-17-19(14)9-11(2)3)15(20)18-7-6-16-12(4)10-18;/h8,11-12,16H,5-7,9-10H2,1-4H3;1H/t12-;/m1./s1. The molecule has 2 rings (SSSR count). The van der Waals surface area contributed by atoms with Gasteiger partial charge in [0.1, 0.15) is 0 Å². The Morgan fingerprint density at radius 2 is 2.24 bits per heavy atom. The van der Waals surface area contributed by atoms with Crippen LogP contribution >= 0.6 is 12.4 Å². The summed E-state index contributed by atoms with van der Waals surface area (Å²) < 4.78 is 1.99. The molecule has 5 nitrogen and oxygen atoms in total. The molecule has 120 valence electrons. The number of hydrogen-bond donors (Lipinski definition) is 1. The van der Waals surface area contributed by atoms with Crippen molar-refractivity contribution in [1.29, 1.82) is 0 Å². The topological polar surface area (TPSA) is 50.2 Å². The van der Waals surface area contributed by atoms with Gasteiger partial charge in [-0.05, 0) is 19.3 Å². The van der Waals surface area contributed by atoms with Gasteiger partial charge in [-0.2, -0.15) is 5.10 Å². The largest absolute Gasteiger partial charge is 0.336 e. The van der Waals surface area contributed by atoms with E-state index in [2.05, 4.69) is 38.1 Å². The molecule has 0 aliphatic carbocycles. The van der Waals surface area contributed by atoms with Crippen LogP contribution in [0.3, 0.4) is 0 Å². The lowest BCUT2D eigenvalue weighted by molar-refractivity contribution is 0.0707. The van der Waals surface area contributed by atoms with E-state index in [1.165, 1.54) is 0 Å². The van der Waals surface area contributed by atoms with Crippen molar-refractivity contribution in [2.45, 2.75) is 46.7 Å². The van der Waals surface area contributed by atoms with E-state index < -0.39 is 0 Å². The number of nitrogens with one attached hydrogen (secondary N) is 1. The van der Waals surface area contributed by atoms with E-state index in [0.29, 0.717) is 12.0 Å². The second-order valence-corrected chi connectivity index (χ2v) is 6.04. The molecule has 1 aliphatic heterocycles. The summed E-state index contributed by atoms with van der Waals surface area (Å²) in [6, 6.07) is 0.364. The molecule has 1 atom stereocenters. The highest BCUT2D eigenvalue weighted by Gasteiger charge is 2.25. The Kier molecular flexibility index (Phi) is 6.68. The van der Waals surface area contributed by atoms with Crippen LogP contribution in [0.25, 0.3) is 0 Å². The van der Waals surface area contributed by atoms with Crippen LogP contribution in [0.2, 0.25) is 0 Å². The average Bonchev–Trinajstić information content (AvgIpc) is 2.79. The van der Waals surface area contributed by atoms with E-state index in [1.54, 1.807) is 6.20 Å². The highest BCUT2D eigenvalue weighted by atomic mass is 35.5. The number of amides is 1. The molecular formula is C15H27ClN4O. The van der Waals surface area contributed by atoms with Crippen molar-refractivity contribution in [2.75, 3.05) is 19.6 Å². The van der Waals surface area contributed by atoms with E-state index in [9.17, 15) is 4.79 Å². The first-order chi connectivity index (χ1) is 9.52. The van der Waals surface area contributed by atoms with Crippen LogP contribution in [0, 0.1) is 5.92 Å². The Morgan fingerprint density at radius 1 is 1.52 bits per heavy atom. The first-order valence-electron chi connectivity index (χ1n) is 7.60. The van der Waals surface area contributed by atoms with Crippen molar-refractivity contribution in [3.8, 4) is 0 Å². The summed E-state index contributed by atoms with van der Waals surface area (Å²) in [5.74, 6) is 0.660. The molecule has 1 aliphatic rings. The SMILES string of the molecule is CCc1c(C(=O)N2CCN[C@H](C)C2)cnn1CC(C)C.Cl. The Hall–Kier alpha value is -1.07. The first-order valence-corrected chi connectivity index (χ1v) is 7.60. The molecule has 0 radical (unpaired) electrons. The number of aromatic nitrogens is 2. The predicted octanol–water partition coefficient (Wildman–Crippen LogP) is 1.96. The summed E-state index contributed by atoms with van der Waals surface area (Å²) in [5.41, 5.74) is 1.84. The normalized spacial score (nSPS) is 18.7. The van der Waals surface area contributed by atoms with Crippen molar-refractivity contribution in [2.24, 2.45) is 5.92 Å². The van der Waals surface area contributed by atoms with Crippen LogP contribution in [-0.4, -0.2) is 46.3 Å². The molecule has 0 saturated carbocycles. The molecule has 6 heteroatoms. The van der Waals surface area contributed by atoms with E-state index in [1.807, 2.05) is 9.58 Å². The second-order valence-electron chi connectivity index (χ2n) is 6.04. The van der Waals surface area contributed by atoms with Crippen LogP contribution < -0.4 is 5.32 Å². The third-order valence-electron chi connectivity index (χ3n) is 3.71. The Bertz CT molecular complexity index is 472. The molecule has 1 N–H and O–H groups in total. The van der Waals surface area contributed by atoms with Crippen molar-refractivity contribution >= 4 is 18.3 Å². The monoisotopic (exact) mass is 314 g/mol. The fraction of sp³-hybridized carbons (Fsp3) is 0.733. The minimum absolute atomic E-state index is 0. The van der Waals surface area contributed by atoms with Crippen molar-refractivity contribution in [1.82, 2.24) is 20.0 Å². The summed E-state index contributed by atoms with van der Waals surface area (Å²) >= 11 is 0. The van der Waals surface area contributed by atoms with Crippen LogP contribution in [-0.2, 0) is 13.0 Å². The van der Waals surface area contributed by atoms with Crippen molar-refractivity contribution in [3.63, 3.8) is 0 Å². The van der Waals surface area contributed by atoms with Crippen LogP contribution in [0.1, 0.15) is 43.7 Å². The maximum atomic E-state index is 12.7. The highest BCUT2D eigenvalue weighted by molar-refractivity contribution is 5.95. The summed E-state index contributed by atoms with van der Waals surface area (Å²) in [5, 5.41) is 7.78. The fourth-order valence-electron chi connectivity index (χ4n) is 2.75. The fourth-order valence-corrected chi connectivity index (χ4v) is 2.75. The predicted molar refractivity (Wildman–Crippen MR) is 87.1 cm³/mol. The maximum absolute atomic E-state index is 12.7. The molecule has 2 heterocycles. The lowest BCUT2D eigenvalue weighted by atomic mass is 10.1. The molecule has 0 spiro atoms. The van der Waals surface area contributed by atoms with Gasteiger partial charge in [0.15, 0.2) is 0 Å². The van der Waals surface area contributed by atoms with E-state index >= 15 is 0 Å². The van der Waals surface area contributed by atoms with Gasteiger partial charge in [0, 0.05) is 32.2 Å². The Labute approximate surface area is 133 Å². The molecule has 1 amide bonds. The number of nitrogens with zero attached hydrogens (tertiary/aromatic N) is 3. The third kappa shape index (κ3) is 4.20. The quantitative estimate of drug-likeness (QED) is 0.924. The number of piperazine rings is 1. The molecule has 0 aromatic carbocycles. The molecule has 1 aromatic rings. The van der Waals surface area contributed by atoms with Gasteiger partial charge in [0.05, 0.1) is 17.5 Å². The zero-order chi connectivity index (χ0) is 14.7. The summed E-state index contributed by atoms with van der Waals surface area (Å²) in [6.07, 6.45) is 2.59. The zero-order valence-electron chi connectivity index (χ0n) is 13.4. The Balaban J connectivity index is 0.00000220. The summed E-state index contributed by atoms with van der Waals surface area (Å²) in [4.78, 5) is 14.6. The van der Waals surface area contributed by atoms with Gasteiger partial charge in [0.25, 0.3) is 5.91 Å². The van der Waals surface area contributed by atoms with Gasteiger partial charge < -0.3 is 10.2 Å². The molecule has 0 bridgehead atoms. The molecule has 1 saturated heterocycles. The number of carbonyl (C=O) groups is 1. The van der Waals surface area contributed by atoms with Crippen LogP contribution in [0.15, 0.2) is 6.20 Å². The van der Waals surface area contributed by atoms with Gasteiger partial charge in [-0.3, -0.25) is 9.48 Å². The van der Waals surface area contributed by atoms with Crippen LogP contribution in [0.4, 0.5) is 0 Å². The molecule has 0 unspecified atom stereocenters. The minimum atomic E-state index is 0. The third-order valence-corrected chi connectivity index (χ3v) is 3.71. The van der Waals surface area contributed by atoms with Gasteiger partial charge in [-0.1, -0.05) is 20.8 Å². The summed E-state index contributed by atoms with van der Waals surface area (Å²) in [7, 11) is 0. The van der Waals surface area contributed by atoms with Gasteiger partial charge in [0.2, 0.25) is 0 Å². The molecule has 1 fully saturated rings. The summed E-state index contributed by atoms with van der Waals surface area (Å²) in [6.45, 7) is 11.8. The maximum Gasteiger partial charge on any atom is 0.257 e. The zero-order valence-corrected chi connectivity index (χ0v) is 14.2. The van der Waals surface area contributed by atoms with Crippen molar-refractivity contribution in [3.05, 3.63) is 17.5 Å². The number of rotatable bonds is 4. The Morgan fingerprint density at radius 3 is 2.81 bits per heavy atom. The smallest absolute Gasteiger partial charge is 0.257 e. The van der Waals surface area contributed by atoms with E-state index in [0.717, 1.165) is 43.9 Å². The van der Waals surface area contributed by atoms with Gasteiger partial charge in [-0.15, -0.1) is 12.4 Å². The van der Waals surface area contributed by atoms with Gasteiger partial charge in [-0.25, -0.2) is 0 Å². The highest BCUT2D eigenvalue weighted by Crippen LogP contribution is 2.15. The molecular weight excluding hydrogens is 288 g/mol.